The van der Waals surface area contributed by atoms with E-state index in [1.165, 1.54) is 0 Å². The molecule has 1 saturated heterocycles. The number of ether oxygens (including phenoxy) is 1. The lowest BCUT2D eigenvalue weighted by molar-refractivity contribution is 0.0331. The van der Waals surface area contributed by atoms with Gasteiger partial charge >= 0.3 is 6.09 Å². The number of aliphatic hydroxyl groups is 1. The SMILES string of the molecule is O=C1OCCC(CCO)N1Cc1ccncc1. The fraction of sp³-hybridized carbons (Fsp3) is 0.500. The fourth-order valence-electron chi connectivity index (χ4n) is 2.00. The molecule has 17 heavy (non-hydrogen) atoms. The summed E-state index contributed by atoms with van der Waals surface area (Å²) in [5, 5.41) is 9.00. The summed E-state index contributed by atoms with van der Waals surface area (Å²) in [4.78, 5) is 17.3. The molecule has 0 radical (unpaired) electrons. The van der Waals surface area contributed by atoms with Gasteiger partial charge in [0.1, 0.15) is 0 Å². The smallest absolute Gasteiger partial charge is 0.410 e. The molecular weight excluding hydrogens is 220 g/mol. The summed E-state index contributed by atoms with van der Waals surface area (Å²) in [6.07, 6.45) is 4.47. The van der Waals surface area contributed by atoms with Crippen LogP contribution in [0, 0.1) is 0 Å². The number of carbonyl (C=O) groups is 1. The average molecular weight is 236 g/mol. The standard InChI is InChI=1S/C12H16N2O3/c15-7-3-11-4-8-17-12(16)14(11)9-10-1-5-13-6-2-10/h1-2,5-6,11,15H,3-4,7-9H2. The molecule has 2 heterocycles. The molecule has 5 nitrogen and oxygen atoms in total. The third kappa shape index (κ3) is 2.94. The third-order valence-corrected chi connectivity index (χ3v) is 2.92. The van der Waals surface area contributed by atoms with E-state index in [-0.39, 0.29) is 18.7 Å². The molecule has 1 unspecified atom stereocenters. The summed E-state index contributed by atoms with van der Waals surface area (Å²) in [5.74, 6) is 0. The molecule has 1 aliphatic rings. The predicted octanol–water partition coefficient (Wildman–Crippen LogP) is 1.17. The lowest BCUT2D eigenvalue weighted by Crippen LogP contribution is -2.45. The first-order valence-electron chi connectivity index (χ1n) is 5.74. The molecule has 1 atom stereocenters. The maximum Gasteiger partial charge on any atom is 0.410 e. The number of carbonyl (C=O) groups excluding carboxylic acids is 1. The van der Waals surface area contributed by atoms with Crippen LogP contribution in [-0.4, -0.2) is 40.3 Å². The van der Waals surface area contributed by atoms with E-state index >= 15 is 0 Å². The van der Waals surface area contributed by atoms with E-state index in [0.717, 1.165) is 12.0 Å². The van der Waals surface area contributed by atoms with Crippen molar-refractivity contribution in [3.63, 3.8) is 0 Å². The van der Waals surface area contributed by atoms with Crippen LogP contribution in [0.2, 0.25) is 0 Å². The molecule has 0 aliphatic carbocycles. The van der Waals surface area contributed by atoms with Crippen molar-refractivity contribution < 1.29 is 14.6 Å². The van der Waals surface area contributed by atoms with E-state index in [1.54, 1.807) is 17.3 Å². The Morgan fingerprint density at radius 2 is 2.24 bits per heavy atom. The Hall–Kier alpha value is -1.62. The minimum absolute atomic E-state index is 0.0643. The molecular formula is C12H16N2O3. The molecule has 1 amide bonds. The van der Waals surface area contributed by atoms with Crippen LogP contribution >= 0.6 is 0 Å². The molecule has 92 valence electrons. The maximum absolute atomic E-state index is 11.7. The number of aliphatic hydroxyl groups excluding tert-OH is 1. The van der Waals surface area contributed by atoms with Gasteiger partial charge in [-0.05, 0) is 24.1 Å². The Morgan fingerprint density at radius 1 is 1.47 bits per heavy atom. The summed E-state index contributed by atoms with van der Waals surface area (Å²) in [7, 11) is 0. The first-order valence-corrected chi connectivity index (χ1v) is 5.74. The van der Waals surface area contributed by atoms with Crippen LogP contribution in [0.4, 0.5) is 4.79 Å². The predicted molar refractivity (Wildman–Crippen MR) is 61.2 cm³/mol. The molecule has 1 aromatic heterocycles. The van der Waals surface area contributed by atoms with Crippen LogP contribution in [-0.2, 0) is 11.3 Å². The number of cyclic esters (lactones) is 1. The van der Waals surface area contributed by atoms with E-state index in [4.69, 9.17) is 9.84 Å². The van der Waals surface area contributed by atoms with E-state index in [2.05, 4.69) is 4.98 Å². The molecule has 1 aliphatic heterocycles. The zero-order valence-corrected chi connectivity index (χ0v) is 9.58. The topological polar surface area (TPSA) is 62.7 Å². The molecule has 0 saturated carbocycles. The Kier molecular flexibility index (Phi) is 3.93. The molecule has 0 bridgehead atoms. The summed E-state index contributed by atoms with van der Waals surface area (Å²) in [6.45, 7) is 1.03. The van der Waals surface area contributed by atoms with E-state index in [1.807, 2.05) is 12.1 Å². The largest absolute Gasteiger partial charge is 0.449 e. The second-order valence-corrected chi connectivity index (χ2v) is 4.05. The fourth-order valence-corrected chi connectivity index (χ4v) is 2.00. The lowest BCUT2D eigenvalue weighted by Gasteiger charge is -2.34. The molecule has 1 N–H and O–H groups in total. The van der Waals surface area contributed by atoms with Crippen LogP contribution in [0.15, 0.2) is 24.5 Å². The van der Waals surface area contributed by atoms with Crippen LogP contribution in [0.3, 0.4) is 0 Å². The van der Waals surface area contributed by atoms with Crippen LogP contribution in [0.25, 0.3) is 0 Å². The van der Waals surface area contributed by atoms with Gasteiger partial charge in [0.2, 0.25) is 0 Å². The summed E-state index contributed by atoms with van der Waals surface area (Å²) in [5.41, 5.74) is 1.02. The van der Waals surface area contributed by atoms with Crippen molar-refractivity contribution in [3.05, 3.63) is 30.1 Å². The Labute approximate surface area is 100 Å². The number of rotatable bonds is 4. The maximum atomic E-state index is 11.7. The van der Waals surface area contributed by atoms with Gasteiger partial charge in [0.15, 0.2) is 0 Å². The first kappa shape index (κ1) is 11.9. The highest BCUT2D eigenvalue weighted by molar-refractivity contribution is 5.68. The van der Waals surface area contributed by atoms with E-state index in [9.17, 15) is 4.79 Å². The Morgan fingerprint density at radius 3 is 2.94 bits per heavy atom. The highest BCUT2D eigenvalue weighted by Crippen LogP contribution is 2.19. The summed E-state index contributed by atoms with van der Waals surface area (Å²) >= 11 is 0. The van der Waals surface area contributed by atoms with Crippen LogP contribution in [0.5, 0.6) is 0 Å². The van der Waals surface area contributed by atoms with Gasteiger partial charge in [-0.25, -0.2) is 4.79 Å². The van der Waals surface area contributed by atoms with Gasteiger partial charge in [-0.15, -0.1) is 0 Å². The zero-order valence-electron chi connectivity index (χ0n) is 9.58. The van der Waals surface area contributed by atoms with Crippen molar-refractivity contribution in [2.24, 2.45) is 0 Å². The second-order valence-electron chi connectivity index (χ2n) is 4.05. The van der Waals surface area contributed by atoms with Gasteiger partial charge in [-0.2, -0.15) is 0 Å². The summed E-state index contributed by atoms with van der Waals surface area (Å²) < 4.78 is 5.03. The second kappa shape index (κ2) is 5.63. The highest BCUT2D eigenvalue weighted by atomic mass is 16.6. The number of aromatic nitrogens is 1. The van der Waals surface area contributed by atoms with Crippen molar-refractivity contribution >= 4 is 6.09 Å². The lowest BCUT2D eigenvalue weighted by atomic mass is 10.1. The van der Waals surface area contributed by atoms with Gasteiger partial charge < -0.3 is 14.7 Å². The first-order chi connectivity index (χ1) is 8.31. The molecule has 2 rings (SSSR count). The van der Waals surface area contributed by atoms with Crippen molar-refractivity contribution in [2.75, 3.05) is 13.2 Å². The number of hydrogen-bond donors (Lipinski definition) is 1. The third-order valence-electron chi connectivity index (χ3n) is 2.92. The molecule has 0 aromatic carbocycles. The van der Waals surface area contributed by atoms with Gasteiger partial charge in [0.05, 0.1) is 6.61 Å². The number of hydrogen-bond acceptors (Lipinski definition) is 4. The van der Waals surface area contributed by atoms with E-state index in [0.29, 0.717) is 19.6 Å². The number of nitrogens with zero attached hydrogens (tertiary/aromatic N) is 2. The van der Waals surface area contributed by atoms with Crippen molar-refractivity contribution in [1.29, 1.82) is 0 Å². The van der Waals surface area contributed by atoms with Gasteiger partial charge in [0, 0.05) is 38.0 Å². The minimum atomic E-state index is -0.300. The highest BCUT2D eigenvalue weighted by Gasteiger charge is 2.28. The zero-order chi connectivity index (χ0) is 12.1. The van der Waals surface area contributed by atoms with Gasteiger partial charge in [-0.3, -0.25) is 4.98 Å². The van der Waals surface area contributed by atoms with Gasteiger partial charge in [0.25, 0.3) is 0 Å². The van der Waals surface area contributed by atoms with Crippen molar-refractivity contribution in [3.8, 4) is 0 Å². The summed E-state index contributed by atoms with van der Waals surface area (Å²) in [6, 6.07) is 3.81. The minimum Gasteiger partial charge on any atom is -0.449 e. The van der Waals surface area contributed by atoms with Crippen molar-refractivity contribution in [2.45, 2.75) is 25.4 Å². The van der Waals surface area contributed by atoms with Crippen LogP contribution < -0.4 is 0 Å². The molecule has 1 fully saturated rings. The molecule has 5 heteroatoms. The normalized spacial score (nSPS) is 20.2. The molecule has 0 spiro atoms. The van der Waals surface area contributed by atoms with E-state index < -0.39 is 0 Å². The average Bonchev–Trinajstić information content (AvgIpc) is 2.35. The quantitative estimate of drug-likeness (QED) is 0.852. The molecule has 1 aromatic rings. The number of amides is 1. The van der Waals surface area contributed by atoms with Crippen molar-refractivity contribution in [1.82, 2.24) is 9.88 Å². The van der Waals surface area contributed by atoms with Gasteiger partial charge in [-0.1, -0.05) is 0 Å². The monoisotopic (exact) mass is 236 g/mol. The number of pyridine rings is 1. The van der Waals surface area contributed by atoms with Crippen LogP contribution in [0.1, 0.15) is 18.4 Å². The Bertz CT molecular complexity index is 367. The Balaban J connectivity index is 2.07.